The fourth-order valence-corrected chi connectivity index (χ4v) is 3.78. The molecule has 29 heavy (non-hydrogen) atoms. The van der Waals surface area contributed by atoms with Gasteiger partial charge in [0.05, 0.1) is 0 Å². The third kappa shape index (κ3) is 4.82. The number of piperidine rings is 1. The number of hydrogen-bond donors (Lipinski definition) is 3. The van der Waals surface area contributed by atoms with Gasteiger partial charge in [-0.05, 0) is 76.2 Å². The zero-order valence-corrected chi connectivity index (χ0v) is 17.1. The number of nitrogens with two attached hydrogens (primary N) is 1. The fourth-order valence-electron chi connectivity index (χ4n) is 3.78. The van der Waals surface area contributed by atoms with Gasteiger partial charge in [0, 0.05) is 17.8 Å². The monoisotopic (exact) mass is 395 g/mol. The highest BCUT2D eigenvalue weighted by atomic mass is 16.1. The van der Waals surface area contributed by atoms with Gasteiger partial charge in [0.15, 0.2) is 11.5 Å². The lowest BCUT2D eigenvalue weighted by molar-refractivity contribution is 0.0995. The third-order valence-electron chi connectivity index (χ3n) is 5.74. The molecule has 1 aliphatic heterocycles. The van der Waals surface area contributed by atoms with E-state index in [1.165, 1.54) is 18.4 Å². The van der Waals surface area contributed by atoms with Crippen molar-refractivity contribution in [3.05, 3.63) is 35.5 Å². The molecule has 0 radical (unpaired) electrons. The summed E-state index contributed by atoms with van der Waals surface area (Å²) in [4.78, 5) is 18.5. The summed E-state index contributed by atoms with van der Waals surface area (Å²) >= 11 is 0. The smallest absolute Gasteiger partial charge is 0.273 e. The highest BCUT2D eigenvalue weighted by Gasteiger charge is 2.25. The van der Waals surface area contributed by atoms with Crippen molar-refractivity contribution in [2.45, 2.75) is 57.5 Å². The van der Waals surface area contributed by atoms with E-state index in [9.17, 15) is 4.79 Å². The number of aromatic nitrogens is 3. The normalized spacial score (nSPS) is 18.0. The van der Waals surface area contributed by atoms with E-state index in [-0.39, 0.29) is 5.69 Å². The van der Waals surface area contributed by atoms with Crippen molar-refractivity contribution < 1.29 is 4.79 Å². The summed E-state index contributed by atoms with van der Waals surface area (Å²) in [7, 11) is 0. The zero-order valence-electron chi connectivity index (χ0n) is 17.1. The van der Waals surface area contributed by atoms with Crippen molar-refractivity contribution in [3.63, 3.8) is 0 Å². The first kappa shape index (κ1) is 19.6. The van der Waals surface area contributed by atoms with E-state index >= 15 is 0 Å². The van der Waals surface area contributed by atoms with Crippen LogP contribution in [-0.4, -0.2) is 51.2 Å². The topological polar surface area (TPSA) is 109 Å². The molecule has 0 bridgehead atoms. The number of primary amides is 1. The molecular formula is C21H29N7O. The SMILES string of the molecule is CC(C)N1CCC(c2ccc(Nc3nnc(C(N)=O)c(NC4CC4)n3)cc2)CC1. The Bertz CT molecular complexity index is 856. The third-order valence-corrected chi connectivity index (χ3v) is 5.74. The molecule has 2 aliphatic rings. The standard InChI is InChI=1S/C21H29N7O/c1-13(2)28-11-9-15(10-12-28)14-3-5-17(6-4-14)24-21-25-20(23-16-7-8-16)18(19(22)29)26-27-21/h3-6,13,15-16H,7-12H2,1-2H3,(H2,22,29)(H2,23,24,25,27). The molecule has 8 nitrogen and oxygen atoms in total. The van der Waals surface area contributed by atoms with Crippen LogP contribution in [0.3, 0.4) is 0 Å². The van der Waals surface area contributed by atoms with Gasteiger partial charge in [0.1, 0.15) is 0 Å². The van der Waals surface area contributed by atoms with Gasteiger partial charge in [-0.2, -0.15) is 4.98 Å². The summed E-state index contributed by atoms with van der Waals surface area (Å²) in [5.74, 6) is 0.718. The summed E-state index contributed by atoms with van der Waals surface area (Å²) in [6.07, 6.45) is 4.51. The summed E-state index contributed by atoms with van der Waals surface area (Å²) in [5.41, 5.74) is 7.72. The van der Waals surface area contributed by atoms with E-state index in [0.29, 0.717) is 29.8 Å². The predicted octanol–water partition coefficient (Wildman–Crippen LogP) is 2.88. The Balaban J connectivity index is 1.41. The van der Waals surface area contributed by atoms with E-state index in [1.54, 1.807) is 0 Å². The van der Waals surface area contributed by atoms with Crippen LogP contribution in [0.2, 0.25) is 0 Å². The van der Waals surface area contributed by atoms with Crippen molar-refractivity contribution in [2.75, 3.05) is 23.7 Å². The minimum absolute atomic E-state index is 0.0746. The van der Waals surface area contributed by atoms with Crippen LogP contribution in [-0.2, 0) is 0 Å². The molecule has 2 fully saturated rings. The number of nitrogens with one attached hydrogen (secondary N) is 2. The van der Waals surface area contributed by atoms with Crippen LogP contribution < -0.4 is 16.4 Å². The number of likely N-dealkylation sites (tertiary alicyclic amines) is 1. The Morgan fingerprint density at radius 3 is 2.38 bits per heavy atom. The molecule has 1 aliphatic carbocycles. The Labute approximate surface area is 171 Å². The van der Waals surface area contributed by atoms with Crippen LogP contribution in [0, 0.1) is 0 Å². The summed E-state index contributed by atoms with van der Waals surface area (Å²) < 4.78 is 0. The maximum absolute atomic E-state index is 11.6. The Kier molecular flexibility index (Phi) is 5.62. The molecule has 2 heterocycles. The lowest BCUT2D eigenvalue weighted by Crippen LogP contribution is -2.37. The number of carbonyl (C=O) groups excluding carboxylic acids is 1. The molecule has 0 atom stereocenters. The Morgan fingerprint density at radius 1 is 1.10 bits per heavy atom. The van der Waals surface area contributed by atoms with Gasteiger partial charge in [-0.3, -0.25) is 4.79 Å². The predicted molar refractivity (Wildman–Crippen MR) is 113 cm³/mol. The van der Waals surface area contributed by atoms with E-state index in [4.69, 9.17) is 5.73 Å². The van der Waals surface area contributed by atoms with Gasteiger partial charge in [-0.25, -0.2) is 0 Å². The highest BCUT2D eigenvalue weighted by molar-refractivity contribution is 5.95. The second kappa shape index (κ2) is 8.32. The highest BCUT2D eigenvalue weighted by Crippen LogP contribution is 2.30. The van der Waals surface area contributed by atoms with E-state index in [2.05, 4.69) is 56.7 Å². The second-order valence-electron chi connectivity index (χ2n) is 8.27. The van der Waals surface area contributed by atoms with Gasteiger partial charge < -0.3 is 21.3 Å². The first-order valence-corrected chi connectivity index (χ1v) is 10.4. The number of anilines is 3. The quantitative estimate of drug-likeness (QED) is 0.661. The van der Waals surface area contributed by atoms with Crippen LogP contribution in [0.25, 0.3) is 0 Å². The number of benzene rings is 1. The van der Waals surface area contributed by atoms with E-state index < -0.39 is 5.91 Å². The first-order chi connectivity index (χ1) is 14.0. The van der Waals surface area contributed by atoms with Crippen molar-refractivity contribution >= 4 is 23.4 Å². The first-order valence-electron chi connectivity index (χ1n) is 10.4. The maximum Gasteiger partial charge on any atom is 0.273 e. The average molecular weight is 396 g/mol. The molecule has 2 aromatic rings. The second-order valence-corrected chi connectivity index (χ2v) is 8.27. The molecule has 1 aromatic carbocycles. The molecular weight excluding hydrogens is 366 g/mol. The minimum Gasteiger partial charge on any atom is -0.365 e. The number of rotatable bonds is 7. The molecule has 4 N–H and O–H groups in total. The van der Waals surface area contributed by atoms with Crippen molar-refractivity contribution in [2.24, 2.45) is 5.73 Å². The lowest BCUT2D eigenvalue weighted by atomic mass is 9.89. The maximum atomic E-state index is 11.6. The lowest BCUT2D eigenvalue weighted by Gasteiger charge is -2.34. The number of nitrogens with zero attached hydrogens (tertiary/aromatic N) is 4. The molecule has 1 amide bonds. The van der Waals surface area contributed by atoms with Crippen LogP contribution >= 0.6 is 0 Å². The van der Waals surface area contributed by atoms with Gasteiger partial charge >= 0.3 is 0 Å². The van der Waals surface area contributed by atoms with Gasteiger partial charge in [-0.1, -0.05) is 12.1 Å². The number of carbonyl (C=O) groups is 1. The molecule has 0 spiro atoms. The number of amides is 1. The van der Waals surface area contributed by atoms with E-state index in [1.807, 2.05) is 12.1 Å². The number of hydrogen-bond acceptors (Lipinski definition) is 7. The van der Waals surface area contributed by atoms with Crippen LogP contribution in [0.1, 0.15) is 61.5 Å². The largest absolute Gasteiger partial charge is 0.365 e. The summed E-state index contributed by atoms with van der Waals surface area (Å²) in [6.45, 7) is 6.84. The van der Waals surface area contributed by atoms with Crippen LogP contribution in [0.4, 0.5) is 17.5 Å². The summed E-state index contributed by atoms with van der Waals surface area (Å²) in [6, 6.07) is 9.39. The fraction of sp³-hybridized carbons (Fsp3) is 0.524. The molecule has 154 valence electrons. The van der Waals surface area contributed by atoms with Gasteiger partial charge in [0.2, 0.25) is 5.95 Å². The summed E-state index contributed by atoms with van der Waals surface area (Å²) in [5, 5.41) is 14.3. The molecule has 8 heteroatoms. The van der Waals surface area contributed by atoms with Crippen molar-refractivity contribution in [1.82, 2.24) is 20.1 Å². The van der Waals surface area contributed by atoms with Crippen LogP contribution in [0.5, 0.6) is 0 Å². The van der Waals surface area contributed by atoms with Gasteiger partial charge in [-0.15, -0.1) is 10.2 Å². The molecule has 1 saturated heterocycles. The average Bonchev–Trinajstić information content (AvgIpc) is 3.53. The Hall–Kier alpha value is -2.74. The molecule has 0 unspecified atom stereocenters. The van der Waals surface area contributed by atoms with Crippen molar-refractivity contribution in [1.29, 1.82) is 0 Å². The van der Waals surface area contributed by atoms with Crippen molar-refractivity contribution in [3.8, 4) is 0 Å². The Morgan fingerprint density at radius 2 is 1.79 bits per heavy atom. The molecule has 1 aromatic heterocycles. The zero-order chi connectivity index (χ0) is 20.4. The van der Waals surface area contributed by atoms with E-state index in [0.717, 1.165) is 31.6 Å². The van der Waals surface area contributed by atoms with Crippen LogP contribution in [0.15, 0.2) is 24.3 Å². The van der Waals surface area contributed by atoms with Gasteiger partial charge in [0.25, 0.3) is 5.91 Å². The molecule has 1 saturated carbocycles. The minimum atomic E-state index is -0.632. The molecule has 4 rings (SSSR count).